The molecule has 0 radical (unpaired) electrons. The predicted octanol–water partition coefficient (Wildman–Crippen LogP) is 0.648. The van der Waals surface area contributed by atoms with Gasteiger partial charge in [0.2, 0.25) is 0 Å². The molecule has 0 bridgehead atoms. The molecule has 0 aliphatic carbocycles. The third-order valence-corrected chi connectivity index (χ3v) is 2.03. The van der Waals surface area contributed by atoms with E-state index in [4.69, 9.17) is 27.4 Å². The number of hydrogen-bond acceptors (Lipinski definition) is 4. The molecule has 0 spiro atoms. The van der Waals surface area contributed by atoms with Crippen LogP contribution in [0.5, 0.6) is 0 Å². The summed E-state index contributed by atoms with van der Waals surface area (Å²) in [5.74, 6) is 0. The number of thiocarbonyl (C=S) groups is 1. The van der Waals surface area contributed by atoms with E-state index < -0.39 is 0 Å². The second kappa shape index (κ2) is 10.3. The first kappa shape index (κ1) is 14.8. The molecule has 0 unspecified atom stereocenters. The summed E-state index contributed by atoms with van der Waals surface area (Å²) in [6, 6.07) is 0. The highest BCUT2D eigenvalue weighted by molar-refractivity contribution is 7.80. The van der Waals surface area contributed by atoms with Crippen LogP contribution in [0.3, 0.4) is 0 Å². The third kappa shape index (κ3) is 10.1. The van der Waals surface area contributed by atoms with Crippen LogP contribution in [0.1, 0.15) is 13.3 Å². The summed E-state index contributed by atoms with van der Waals surface area (Å²) < 4.78 is 10.3. The number of nitrogens with zero attached hydrogens (tertiary/aromatic N) is 1. The van der Waals surface area contributed by atoms with Crippen molar-refractivity contribution in [1.29, 1.82) is 0 Å². The molecule has 0 saturated carbocycles. The van der Waals surface area contributed by atoms with Crippen molar-refractivity contribution in [3.05, 3.63) is 0 Å². The molecule has 2 N–H and O–H groups in total. The Morgan fingerprint density at radius 2 is 2.00 bits per heavy atom. The minimum atomic E-state index is 0.542. The van der Waals surface area contributed by atoms with Crippen molar-refractivity contribution in [3.8, 4) is 0 Å². The van der Waals surface area contributed by atoms with Gasteiger partial charge in [0.1, 0.15) is 0 Å². The predicted molar refractivity (Wildman–Crippen MR) is 66.2 cm³/mol. The van der Waals surface area contributed by atoms with Crippen LogP contribution in [-0.4, -0.2) is 56.5 Å². The van der Waals surface area contributed by atoms with Crippen LogP contribution in [0.15, 0.2) is 0 Å². The molecule has 90 valence electrons. The van der Waals surface area contributed by atoms with Gasteiger partial charge in [0.15, 0.2) is 0 Å². The maximum absolute atomic E-state index is 5.50. The molecule has 0 saturated heterocycles. The Morgan fingerprint density at radius 3 is 2.53 bits per heavy atom. The molecule has 0 heterocycles. The molecule has 0 aromatic rings. The van der Waals surface area contributed by atoms with E-state index in [9.17, 15) is 0 Å². The average Bonchev–Trinajstić information content (AvgIpc) is 2.17. The van der Waals surface area contributed by atoms with Crippen LogP contribution < -0.4 is 5.73 Å². The van der Waals surface area contributed by atoms with E-state index >= 15 is 0 Å². The largest absolute Gasteiger partial charge is 0.392 e. The van der Waals surface area contributed by atoms with Gasteiger partial charge in [-0.3, -0.25) is 4.90 Å². The van der Waals surface area contributed by atoms with E-state index in [1.807, 2.05) is 0 Å². The Labute approximate surface area is 97.7 Å². The van der Waals surface area contributed by atoms with Crippen LogP contribution in [0, 0.1) is 0 Å². The van der Waals surface area contributed by atoms with Crippen LogP contribution in [0.2, 0.25) is 0 Å². The SMILES string of the molecule is CCCN(CCOCCOC)CC(N)=S. The minimum absolute atomic E-state index is 0.542. The first-order valence-electron chi connectivity index (χ1n) is 5.28. The Kier molecular flexibility index (Phi) is 10.1. The zero-order chi connectivity index (χ0) is 11.5. The highest BCUT2D eigenvalue weighted by Gasteiger charge is 2.04. The lowest BCUT2D eigenvalue weighted by Crippen LogP contribution is -2.35. The standard InChI is InChI=1S/C10H22N2O2S/c1-3-4-12(9-10(11)15)5-6-14-8-7-13-2/h3-9H2,1-2H3,(H2,11,15). The van der Waals surface area contributed by atoms with Gasteiger partial charge in [-0.15, -0.1) is 0 Å². The highest BCUT2D eigenvalue weighted by atomic mass is 32.1. The van der Waals surface area contributed by atoms with Crippen LogP contribution >= 0.6 is 12.2 Å². The van der Waals surface area contributed by atoms with Gasteiger partial charge in [-0.25, -0.2) is 0 Å². The van der Waals surface area contributed by atoms with Crippen molar-refractivity contribution >= 4 is 17.2 Å². The van der Waals surface area contributed by atoms with Gasteiger partial charge >= 0.3 is 0 Å². The van der Waals surface area contributed by atoms with Crippen LogP contribution in [-0.2, 0) is 9.47 Å². The monoisotopic (exact) mass is 234 g/mol. The van der Waals surface area contributed by atoms with E-state index in [1.165, 1.54) is 0 Å². The lowest BCUT2D eigenvalue weighted by atomic mass is 10.4. The van der Waals surface area contributed by atoms with E-state index in [2.05, 4.69) is 11.8 Å². The fourth-order valence-corrected chi connectivity index (χ4v) is 1.43. The summed E-state index contributed by atoms with van der Waals surface area (Å²) in [5, 5.41) is 0. The van der Waals surface area contributed by atoms with Gasteiger partial charge in [0.25, 0.3) is 0 Å². The number of hydrogen-bond donors (Lipinski definition) is 1. The first-order chi connectivity index (χ1) is 7.20. The molecule has 0 rings (SSSR count). The third-order valence-electron chi connectivity index (χ3n) is 1.90. The normalized spacial score (nSPS) is 10.9. The second-order valence-corrected chi connectivity index (χ2v) is 3.87. The molecule has 0 aliphatic heterocycles. The van der Waals surface area contributed by atoms with Crippen LogP contribution in [0.4, 0.5) is 0 Å². The van der Waals surface area contributed by atoms with Crippen LogP contribution in [0.25, 0.3) is 0 Å². The average molecular weight is 234 g/mol. The Morgan fingerprint density at radius 1 is 1.27 bits per heavy atom. The van der Waals surface area contributed by atoms with Gasteiger partial charge in [-0.05, 0) is 13.0 Å². The lowest BCUT2D eigenvalue weighted by molar-refractivity contribution is 0.0593. The fraction of sp³-hybridized carbons (Fsp3) is 0.900. The number of methoxy groups -OCH3 is 1. The maximum atomic E-state index is 5.50. The van der Waals surface area contributed by atoms with Gasteiger partial charge in [-0.2, -0.15) is 0 Å². The summed E-state index contributed by atoms with van der Waals surface area (Å²) in [7, 11) is 1.67. The molecular weight excluding hydrogens is 212 g/mol. The minimum Gasteiger partial charge on any atom is -0.392 e. The van der Waals surface area contributed by atoms with Gasteiger partial charge < -0.3 is 15.2 Å². The maximum Gasteiger partial charge on any atom is 0.0870 e. The van der Waals surface area contributed by atoms with E-state index in [0.717, 1.165) is 19.5 Å². The Hall–Kier alpha value is -0.230. The summed E-state index contributed by atoms with van der Waals surface area (Å²) >= 11 is 4.88. The number of ether oxygens (including phenoxy) is 2. The number of nitrogens with two attached hydrogens (primary N) is 1. The van der Waals surface area contributed by atoms with E-state index in [-0.39, 0.29) is 0 Å². The van der Waals surface area contributed by atoms with Crippen molar-refractivity contribution in [2.24, 2.45) is 5.73 Å². The van der Waals surface area contributed by atoms with E-state index in [1.54, 1.807) is 7.11 Å². The van der Waals surface area contributed by atoms with Gasteiger partial charge in [0, 0.05) is 20.2 Å². The molecule has 0 aliphatic rings. The summed E-state index contributed by atoms with van der Waals surface area (Å²) in [5.41, 5.74) is 5.50. The number of rotatable bonds is 10. The van der Waals surface area contributed by atoms with Crippen molar-refractivity contribution in [3.63, 3.8) is 0 Å². The molecular formula is C10H22N2O2S. The quantitative estimate of drug-likeness (QED) is 0.444. The summed E-state index contributed by atoms with van der Waals surface area (Å²) in [4.78, 5) is 2.75. The summed E-state index contributed by atoms with van der Waals surface area (Å²) in [6.07, 6.45) is 1.10. The smallest absolute Gasteiger partial charge is 0.0870 e. The van der Waals surface area contributed by atoms with Crippen molar-refractivity contribution < 1.29 is 9.47 Å². The van der Waals surface area contributed by atoms with Crippen molar-refractivity contribution in [2.75, 3.05) is 46.6 Å². The lowest BCUT2D eigenvalue weighted by Gasteiger charge is -2.20. The zero-order valence-corrected chi connectivity index (χ0v) is 10.5. The second-order valence-electron chi connectivity index (χ2n) is 3.35. The highest BCUT2D eigenvalue weighted by Crippen LogP contribution is 1.92. The molecule has 15 heavy (non-hydrogen) atoms. The first-order valence-corrected chi connectivity index (χ1v) is 5.68. The Balaban J connectivity index is 3.52. The molecule has 0 amide bonds. The summed E-state index contributed by atoms with van der Waals surface area (Å²) in [6.45, 7) is 6.67. The molecule has 4 nitrogen and oxygen atoms in total. The molecule has 0 aromatic heterocycles. The topological polar surface area (TPSA) is 47.7 Å². The van der Waals surface area contributed by atoms with Crippen molar-refractivity contribution in [2.45, 2.75) is 13.3 Å². The van der Waals surface area contributed by atoms with Gasteiger partial charge in [-0.1, -0.05) is 19.1 Å². The van der Waals surface area contributed by atoms with Gasteiger partial charge in [0.05, 0.1) is 24.8 Å². The molecule has 0 atom stereocenters. The van der Waals surface area contributed by atoms with E-state index in [0.29, 0.717) is 31.4 Å². The molecule has 5 heteroatoms. The fourth-order valence-electron chi connectivity index (χ4n) is 1.24. The molecule has 0 fully saturated rings. The molecule has 0 aromatic carbocycles. The zero-order valence-electron chi connectivity index (χ0n) is 9.70. The van der Waals surface area contributed by atoms with Crippen molar-refractivity contribution in [1.82, 2.24) is 4.90 Å². The Bertz CT molecular complexity index is 168.